The number of nitrogens with one attached hydrogen (secondary N) is 1. The lowest BCUT2D eigenvalue weighted by Gasteiger charge is -2.25. The first-order valence-electron chi connectivity index (χ1n) is 8.37. The van der Waals surface area contributed by atoms with Crippen LogP contribution in [0.1, 0.15) is 30.5 Å². The molecule has 1 saturated heterocycles. The molecule has 2 aromatic rings. The molecule has 5 heteroatoms. The van der Waals surface area contributed by atoms with E-state index in [9.17, 15) is 9.59 Å². The SMILES string of the molecule is Cc1c(Cl)cccc1NC(=O)[C@H]1CC(=O)N([C@H](C)c2ccccc2)C1. The van der Waals surface area contributed by atoms with Gasteiger partial charge in [-0.1, -0.05) is 48.0 Å². The predicted molar refractivity (Wildman–Crippen MR) is 99.5 cm³/mol. The quantitative estimate of drug-likeness (QED) is 0.892. The monoisotopic (exact) mass is 356 g/mol. The van der Waals surface area contributed by atoms with Gasteiger partial charge in [-0.3, -0.25) is 9.59 Å². The maximum Gasteiger partial charge on any atom is 0.229 e. The molecule has 0 unspecified atom stereocenters. The Morgan fingerprint density at radius 3 is 2.64 bits per heavy atom. The van der Waals surface area contributed by atoms with Crippen LogP contribution in [0.3, 0.4) is 0 Å². The van der Waals surface area contributed by atoms with Crippen molar-refractivity contribution in [2.45, 2.75) is 26.3 Å². The van der Waals surface area contributed by atoms with E-state index in [-0.39, 0.29) is 30.2 Å². The summed E-state index contributed by atoms with van der Waals surface area (Å²) >= 11 is 6.10. The first kappa shape index (κ1) is 17.5. The van der Waals surface area contributed by atoms with E-state index in [0.717, 1.165) is 11.1 Å². The zero-order chi connectivity index (χ0) is 18.0. The first-order chi connectivity index (χ1) is 12.0. The van der Waals surface area contributed by atoms with E-state index < -0.39 is 0 Å². The molecular weight excluding hydrogens is 336 g/mol. The Hall–Kier alpha value is -2.33. The van der Waals surface area contributed by atoms with Gasteiger partial charge in [0.05, 0.1) is 12.0 Å². The second-order valence-electron chi connectivity index (χ2n) is 6.44. The van der Waals surface area contributed by atoms with Crippen molar-refractivity contribution in [3.05, 3.63) is 64.7 Å². The van der Waals surface area contributed by atoms with Gasteiger partial charge in [0.25, 0.3) is 0 Å². The molecule has 4 nitrogen and oxygen atoms in total. The fourth-order valence-electron chi connectivity index (χ4n) is 3.17. The van der Waals surface area contributed by atoms with Crippen LogP contribution in [0.5, 0.6) is 0 Å². The number of nitrogens with zero attached hydrogens (tertiary/aromatic N) is 1. The molecule has 1 heterocycles. The van der Waals surface area contributed by atoms with Crippen LogP contribution < -0.4 is 5.32 Å². The number of carbonyl (C=O) groups excluding carboxylic acids is 2. The summed E-state index contributed by atoms with van der Waals surface area (Å²) < 4.78 is 0. The van der Waals surface area contributed by atoms with Crippen molar-refractivity contribution in [1.82, 2.24) is 4.90 Å². The van der Waals surface area contributed by atoms with Crippen molar-refractivity contribution in [3.8, 4) is 0 Å². The van der Waals surface area contributed by atoms with E-state index in [1.54, 1.807) is 17.0 Å². The Bertz CT molecular complexity index is 792. The van der Waals surface area contributed by atoms with Crippen LogP contribution in [0, 0.1) is 12.8 Å². The number of anilines is 1. The van der Waals surface area contributed by atoms with Crippen molar-refractivity contribution in [2.24, 2.45) is 5.92 Å². The number of benzene rings is 2. The van der Waals surface area contributed by atoms with E-state index in [2.05, 4.69) is 5.32 Å². The molecule has 1 fully saturated rings. The molecule has 1 aliphatic rings. The van der Waals surface area contributed by atoms with Crippen molar-refractivity contribution < 1.29 is 9.59 Å². The molecule has 0 spiro atoms. The predicted octanol–water partition coefficient (Wildman–Crippen LogP) is 4.20. The molecule has 0 saturated carbocycles. The lowest BCUT2D eigenvalue weighted by Crippen LogP contribution is -2.30. The van der Waals surface area contributed by atoms with Crippen LogP contribution in [-0.2, 0) is 9.59 Å². The molecule has 25 heavy (non-hydrogen) atoms. The van der Waals surface area contributed by atoms with E-state index >= 15 is 0 Å². The largest absolute Gasteiger partial charge is 0.335 e. The number of likely N-dealkylation sites (tertiary alicyclic amines) is 1. The molecule has 0 aromatic heterocycles. The highest BCUT2D eigenvalue weighted by atomic mass is 35.5. The highest BCUT2D eigenvalue weighted by Crippen LogP contribution is 2.30. The minimum Gasteiger partial charge on any atom is -0.335 e. The van der Waals surface area contributed by atoms with Crippen LogP contribution in [-0.4, -0.2) is 23.3 Å². The molecule has 2 aromatic carbocycles. The third kappa shape index (κ3) is 3.69. The fraction of sp³-hybridized carbons (Fsp3) is 0.300. The lowest BCUT2D eigenvalue weighted by molar-refractivity contribution is -0.129. The van der Waals surface area contributed by atoms with Crippen LogP contribution in [0.2, 0.25) is 5.02 Å². The summed E-state index contributed by atoms with van der Waals surface area (Å²) in [6.45, 7) is 4.29. The Morgan fingerprint density at radius 2 is 1.92 bits per heavy atom. The summed E-state index contributed by atoms with van der Waals surface area (Å²) in [6.07, 6.45) is 0.239. The summed E-state index contributed by atoms with van der Waals surface area (Å²) in [4.78, 5) is 26.8. The summed E-state index contributed by atoms with van der Waals surface area (Å²) in [5.41, 5.74) is 2.60. The van der Waals surface area contributed by atoms with Crippen LogP contribution in [0.4, 0.5) is 5.69 Å². The molecule has 1 N–H and O–H groups in total. The van der Waals surface area contributed by atoms with E-state index in [0.29, 0.717) is 17.3 Å². The van der Waals surface area contributed by atoms with Gasteiger partial charge in [-0.25, -0.2) is 0 Å². The number of hydrogen-bond acceptors (Lipinski definition) is 2. The first-order valence-corrected chi connectivity index (χ1v) is 8.75. The minimum atomic E-state index is -0.350. The highest BCUT2D eigenvalue weighted by Gasteiger charge is 2.37. The number of carbonyl (C=O) groups is 2. The molecule has 2 atom stereocenters. The van der Waals surface area contributed by atoms with Gasteiger partial charge >= 0.3 is 0 Å². The fourth-order valence-corrected chi connectivity index (χ4v) is 3.35. The molecule has 130 valence electrons. The molecule has 0 radical (unpaired) electrons. The lowest BCUT2D eigenvalue weighted by atomic mass is 10.1. The van der Waals surface area contributed by atoms with Crippen LogP contribution in [0.15, 0.2) is 48.5 Å². The Labute approximate surface area is 152 Å². The normalized spacial score (nSPS) is 18.3. The Kier molecular flexibility index (Phi) is 5.09. The van der Waals surface area contributed by atoms with Gasteiger partial charge in [-0.2, -0.15) is 0 Å². The molecule has 0 bridgehead atoms. The van der Waals surface area contributed by atoms with Gasteiger partial charge in [-0.05, 0) is 37.1 Å². The standard InChI is InChI=1S/C20H21ClN2O2/c1-13-17(21)9-6-10-18(13)22-20(25)16-11-19(24)23(12-16)14(2)15-7-4-3-5-8-15/h3-10,14,16H,11-12H2,1-2H3,(H,22,25)/t14-,16+/m1/s1. The smallest absolute Gasteiger partial charge is 0.229 e. The Balaban J connectivity index is 1.69. The molecular formula is C20H21ClN2O2. The van der Waals surface area contributed by atoms with Crippen LogP contribution in [0.25, 0.3) is 0 Å². The average molecular weight is 357 g/mol. The van der Waals surface area contributed by atoms with Crippen molar-refractivity contribution in [2.75, 3.05) is 11.9 Å². The highest BCUT2D eigenvalue weighted by molar-refractivity contribution is 6.31. The second kappa shape index (κ2) is 7.28. The van der Waals surface area contributed by atoms with E-state index in [1.165, 1.54) is 0 Å². The topological polar surface area (TPSA) is 49.4 Å². The van der Waals surface area contributed by atoms with Gasteiger partial charge in [-0.15, -0.1) is 0 Å². The van der Waals surface area contributed by atoms with Crippen molar-refractivity contribution >= 4 is 29.1 Å². The van der Waals surface area contributed by atoms with Crippen molar-refractivity contribution in [3.63, 3.8) is 0 Å². The third-order valence-corrected chi connectivity index (χ3v) is 5.21. The molecule has 3 rings (SSSR count). The van der Waals surface area contributed by atoms with Gasteiger partial charge in [0.2, 0.25) is 11.8 Å². The number of rotatable bonds is 4. The number of hydrogen-bond donors (Lipinski definition) is 1. The minimum absolute atomic E-state index is 0.0133. The second-order valence-corrected chi connectivity index (χ2v) is 6.84. The summed E-state index contributed by atoms with van der Waals surface area (Å²) in [5, 5.41) is 3.52. The van der Waals surface area contributed by atoms with Gasteiger partial charge in [0.15, 0.2) is 0 Å². The summed E-state index contributed by atoms with van der Waals surface area (Å²) in [7, 11) is 0. The van der Waals surface area contributed by atoms with Gasteiger partial charge in [0.1, 0.15) is 0 Å². The maximum absolute atomic E-state index is 12.6. The third-order valence-electron chi connectivity index (χ3n) is 4.80. The average Bonchev–Trinajstić information content (AvgIpc) is 3.01. The van der Waals surface area contributed by atoms with E-state index in [4.69, 9.17) is 11.6 Å². The maximum atomic E-state index is 12.6. The zero-order valence-corrected chi connectivity index (χ0v) is 15.1. The summed E-state index contributed by atoms with van der Waals surface area (Å²) in [6, 6.07) is 15.2. The number of amides is 2. The molecule has 0 aliphatic carbocycles. The Morgan fingerprint density at radius 1 is 1.20 bits per heavy atom. The van der Waals surface area contributed by atoms with Gasteiger partial charge < -0.3 is 10.2 Å². The number of halogens is 1. The van der Waals surface area contributed by atoms with Crippen molar-refractivity contribution in [1.29, 1.82) is 0 Å². The van der Waals surface area contributed by atoms with E-state index in [1.807, 2.05) is 50.2 Å². The van der Waals surface area contributed by atoms with Gasteiger partial charge in [0, 0.05) is 23.7 Å². The molecule has 2 amide bonds. The molecule has 1 aliphatic heterocycles. The summed E-state index contributed by atoms with van der Waals surface area (Å²) in [5.74, 6) is -0.474. The van der Waals surface area contributed by atoms with Crippen LogP contribution >= 0.6 is 11.6 Å². The zero-order valence-electron chi connectivity index (χ0n) is 14.3.